The highest BCUT2D eigenvalue weighted by Gasteiger charge is 2.14. The smallest absolute Gasteiger partial charge is 0.255 e. The molecule has 6 heteroatoms. The largest absolute Gasteiger partial charge is 0.354 e. The molecule has 0 radical (unpaired) electrons. The topological polar surface area (TPSA) is 82.3 Å². The fourth-order valence-corrected chi connectivity index (χ4v) is 1.43. The average Bonchev–Trinajstić information content (AvgIpc) is 2.36. The van der Waals surface area contributed by atoms with Gasteiger partial charge in [-0.2, -0.15) is 0 Å². The summed E-state index contributed by atoms with van der Waals surface area (Å²) >= 11 is 0. The monoisotopic (exact) mass is 265 g/mol. The molecule has 2 amide bonds. The number of nitrogens with one attached hydrogen (secondary N) is 2. The molecule has 0 aliphatic heterocycles. The van der Waals surface area contributed by atoms with Crippen LogP contribution in [0.2, 0.25) is 0 Å². The van der Waals surface area contributed by atoms with Crippen LogP contribution in [0.25, 0.3) is 0 Å². The molecular weight excluding hydrogens is 246 g/mol. The van der Waals surface area contributed by atoms with E-state index in [2.05, 4.69) is 10.3 Å². The van der Waals surface area contributed by atoms with Gasteiger partial charge in [-0.3, -0.25) is 14.4 Å². The molecule has 1 aromatic rings. The van der Waals surface area contributed by atoms with E-state index < -0.39 is 0 Å². The first-order valence-electron chi connectivity index (χ1n) is 6.11. The van der Waals surface area contributed by atoms with Gasteiger partial charge in [0.05, 0.1) is 12.1 Å². The number of likely N-dealkylation sites (N-methyl/N-ethyl adjacent to an activating group) is 1. The second-order valence-corrected chi connectivity index (χ2v) is 4.80. The highest BCUT2D eigenvalue weighted by molar-refractivity contribution is 5.96. The number of H-pyrrole nitrogens is 1. The number of hydrogen-bond acceptors (Lipinski definition) is 3. The van der Waals surface area contributed by atoms with E-state index in [4.69, 9.17) is 0 Å². The predicted molar refractivity (Wildman–Crippen MR) is 71.9 cm³/mol. The van der Waals surface area contributed by atoms with E-state index in [-0.39, 0.29) is 23.9 Å². The van der Waals surface area contributed by atoms with E-state index >= 15 is 0 Å². The fourth-order valence-electron chi connectivity index (χ4n) is 1.43. The summed E-state index contributed by atoms with van der Waals surface area (Å²) in [5.41, 5.74) is 0.0765. The lowest BCUT2D eigenvalue weighted by molar-refractivity contribution is -0.121. The lowest BCUT2D eigenvalue weighted by atomic mass is 10.2. The van der Waals surface area contributed by atoms with Gasteiger partial charge < -0.3 is 15.2 Å². The number of rotatable bonds is 5. The van der Waals surface area contributed by atoms with Gasteiger partial charge in [0.1, 0.15) is 0 Å². The molecule has 1 rings (SSSR count). The number of amides is 2. The van der Waals surface area contributed by atoms with Crippen LogP contribution in [0.4, 0.5) is 0 Å². The van der Waals surface area contributed by atoms with Gasteiger partial charge in [-0.15, -0.1) is 0 Å². The van der Waals surface area contributed by atoms with Gasteiger partial charge >= 0.3 is 0 Å². The van der Waals surface area contributed by atoms with Crippen molar-refractivity contribution in [2.45, 2.75) is 13.8 Å². The fraction of sp³-hybridized carbons (Fsp3) is 0.462. The minimum Gasteiger partial charge on any atom is -0.354 e. The van der Waals surface area contributed by atoms with Crippen LogP contribution in [-0.4, -0.2) is 41.8 Å². The summed E-state index contributed by atoms with van der Waals surface area (Å²) in [5, 5.41) is 2.74. The van der Waals surface area contributed by atoms with Gasteiger partial charge in [0.2, 0.25) is 11.5 Å². The molecule has 1 heterocycles. The lowest BCUT2D eigenvalue weighted by Gasteiger charge is -2.17. The van der Waals surface area contributed by atoms with Crippen molar-refractivity contribution in [1.29, 1.82) is 0 Å². The van der Waals surface area contributed by atoms with Crippen LogP contribution in [-0.2, 0) is 4.79 Å². The van der Waals surface area contributed by atoms with Crippen molar-refractivity contribution in [3.63, 3.8) is 0 Å². The minimum absolute atomic E-state index is 0.00925. The zero-order valence-electron chi connectivity index (χ0n) is 11.4. The third kappa shape index (κ3) is 4.95. The number of carbonyl (C=O) groups is 2. The van der Waals surface area contributed by atoms with E-state index in [1.165, 1.54) is 23.2 Å². The van der Waals surface area contributed by atoms with Gasteiger partial charge in [-0.05, 0) is 12.0 Å². The van der Waals surface area contributed by atoms with Gasteiger partial charge in [0.25, 0.3) is 5.91 Å². The van der Waals surface area contributed by atoms with E-state index in [0.29, 0.717) is 18.0 Å². The molecule has 6 nitrogen and oxygen atoms in total. The first kappa shape index (κ1) is 14.9. The summed E-state index contributed by atoms with van der Waals surface area (Å²) in [7, 11) is 1.54. The van der Waals surface area contributed by atoms with Crippen molar-refractivity contribution in [2.24, 2.45) is 5.92 Å². The van der Waals surface area contributed by atoms with Gasteiger partial charge in [-0.25, -0.2) is 0 Å². The molecule has 1 aromatic heterocycles. The molecule has 0 aliphatic rings. The van der Waals surface area contributed by atoms with Crippen LogP contribution in [0.1, 0.15) is 24.2 Å². The summed E-state index contributed by atoms with van der Waals surface area (Å²) in [4.78, 5) is 38.2. The number of aromatic nitrogens is 1. The Morgan fingerprint density at radius 2 is 2.05 bits per heavy atom. The normalized spacial score (nSPS) is 10.3. The number of carbonyl (C=O) groups excluding carboxylic acids is 2. The maximum atomic E-state index is 12.0. The van der Waals surface area contributed by atoms with Gasteiger partial charge in [-0.1, -0.05) is 13.8 Å². The maximum absolute atomic E-state index is 12.0. The molecular formula is C13H19N3O3. The Bertz CT molecular complexity index is 488. The summed E-state index contributed by atoms with van der Waals surface area (Å²) in [6, 6.07) is 2.71. The molecule has 19 heavy (non-hydrogen) atoms. The Kier molecular flexibility index (Phi) is 5.29. The second-order valence-electron chi connectivity index (χ2n) is 4.80. The zero-order valence-corrected chi connectivity index (χ0v) is 11.4. The zero-order chi connectivity index (χ0) is 14.4. The molecule has 0 atom stereocenters. The Labute approximate surface area is 111 Å². The predicted octanol–water partition coefficient (Wildman–Crippen LogP) is 0.219. The second kappa shape index (κ2) is 6.72. The Hall–Kier alpha value is -2.11. The van der Waals surface area contributed by atoms with E-state index in [1.54, 1.807) is 7.05 Å². The van der Waals surface area contributed by atoms with Crippen LogP contribution in [0.5, 0.6) is 0 Å². The van der Waals surface area contributed by atoms with Crippen molar-refractivity contribution in [1.82, 2.24) is 15.2 Å². The molecule has 0 saturated carbocycles. The SMILES string of the molecule is CC(C)CNC(=O)CN(C)C(=O)c1ccc(=O)[nH]c1. The summed E-state index contributed by atoms with van der Waals surface area (Å²) < 4.78 is 0. The Morgan fingerprint density at radius 1 is 1.37 bits per heavy atom. The van der Waals surface area contributed by atoms with Crippen LogP contribution in [0, 0.1) is 5.92 Å². The van der Waals surface area contributed by atoms with Crippen LogP contribution in [0.3, 0.4) is 0 Å². The van der Waals surface area contributed by atoms with Crippen LogP contribution < -0.4 is 10.9 Å². The molecule has 0 unspecified atom stereocenters. The summed E-state index contributed by atoms with van der Waals surface area (Å²) in [6.07, 6.45) is 1.34. The number of aromatic amines is 1. The molecule has 0 saturated heterocycles. The molecule has 0 aliphatic carbocycles. The molecule has 0 fully saturated rings. The maximum Gasteiger partial charge on any atom is 0.255 e. The Balaban J connectivity index is 2.55. The Morgan fingerprint density at radius 3 is 2.58 bits per heavy atom. The quantitative estimate of drug-likeness (QED) is 0.799. The van der Waals surface area contributed by atoms with Gasteiger partial charge in [0.15, 0.2) is 0 Å². The van der Waals surface area contributed by atoms with Crippen molar-refractivity contribution in [3.05, 3.63) is 34.2 Å². The number of hydrogen-bond donors (Lipinski definition) is 2. The van der Waals surface area contributed by atoms with Crippen molar-refractivity contribution < 1.29 is 9.59 Å². The summed E-state index contributed by atoms with van der Waals surface area (Å²) in [6.45, 7) is 4.56. The summed E-state index contributed by atoms with van der Waals surface area (Å²) in [5.74, 6) is -0.144. The molecule has 2 N–H and O–H groups in total. The third-order valence-corrected chi connectivity index (χ3v) is 2.47. The van der Waals surface area contributed by atoms with Crippen LogP contribution in [0.15, 0.2) is 23.1 Å². The van der Waals surface area contributed by atoms with Crippen molar-refractivity contribution in [2.75, 3.05) is 20.1 Å². The van der Waals surface area contributed by atoms with Crippen molar-refractivity contribution >= 4 is 11.8 Å². The highest BCUT2D eigenvalue weighted by atomic mass is 16.2. The van der Waals surface area contributed by atoms with Gasteiger partial charge in [0, 0.05) is 25.9 Å². The minimum atomic E-state index is -0.309. The molecule has 104 valence electrons. The lowest BCUT2D eigenvalue weighted by Crippen LogP contribution is -2.39. The first-order valence-corrected chi connectivity index (χ1v) is 6.11. The van der Waals surface area contributed by atoms with E-state index in [0.717, 1.165) is 0 Å². The third-order valence-electron chi connectivity index (χ3n) is 2.47. The highest BCUT2D eigenvalue weighted by Crippen LogP contribution is 1.99. The van der Waals surface area contributed by atoms with E-state index in [1.807, 2.05) is 13.8 Å². The van der Waals surface area contributed by atoms with Crippen LogP contribution >= 0.6 is 0 Å². The molecule has 0 aromatic carbocycles. The number of pyridine rings is 1. The number of nitrogens with zero attached hydrogens (tertiary/aromatic N) is 1. The molecule has 0 bridgehead atoms. The standard InChI is InChI=1S/C13H19N3O3/c1-9(2)6-14-12(18)8-16(3)13(19)10-4-5-11(17)15-7-10/h4-5,7,9H,6,8H2,1-3H3,(H,14,18)(H,15,17). The van der Waals surface area contributed by atoms with E-state index in [9.17, 15) is 14.4 Å². The first-order chi connectivity index (χ1) is 8.90. The average molecular weight is 265 g/mol. The molecule has 0 spiro atoms. The van der Waals surface area contributed by atoms with Crippen molar-refractivity contribution in [3.8, 4) is 0 Å².